The van der Waals surface area contributed by atoms with E-state index >= 15 is 0 Å². The monoisotopic (exact) mass is 322 g/mol. The van der Waals surface area contributed by atoms with E-state index in [1.807, 2.05) is 6.92 Å². The van der Waals surface area contributed by atoms with Crippen LogP contribution < -0.4 is 10.6 Å². The molecule has 1 atom stereocenters. The van der Waals surface area contributed by atoms with Crippen LogP contribution in [0.1, 0.15) is 31.1 Å². The number of amides is 2. The lowest BCUT2D eigenvalue weighted by Crippen LogP contribution is -2.39. The predicted octanol–water partition coefficient (Wildman–Crippen LogP) is 1.96. The first-order chi connectivity index (χ1) is 10.2. The number of nitrogens with one attached hydrogen (secondary N) is 2. The summed E-state index contributed by atoms with van der Waals surface area (Å²) in [6.45, 7) is 4.93. The quantitative estimate of drug-likeness (QED) is 0.787. The molecular weight excluding hydrogens is 304 g/mol. The number of carboxylic acids is 1. The molecule has 0 aromatic heterocycles. The fourth-order valence-corrected chi connectivity index (χ4v) is 2.76. The van der Waals surface area contributed by atoms with Gasteiger partial charge in [-0.2, -0.15) is 0 Å². The maximum Gasteiger partial charge on any atom is 0.310 e. The van der Waals surface area contributed by atoms with E-state index in [1.54, 1.807) is 32.0 Å². The summed E-state index contributed by atoms with van der Waals surface area (Å²) >= 11 is 1.44. The summed E-state index contributed by atoms with van der Waals surface area (Å²) in [5.41, 5.74) is -0.0442. The van der Waals surface area contributed by atoms with Crippen LogP contribution in [0.4, 0.5) is 5.69 Å². The van der Waals surface area contributed by atoms with E-state index < -0.39 is 11.4 Å². The van der Waals surface area contributed by atoms with Crippen LogP contribution in [-0.4, -0.2) is 34.7 Å². The number of carboxylic acid groups (broad SMARTS) is 1. The summed E-state index contributed by atoms with van der Waals surface area (Å²) < 4.78 is 0. The third-order valence-corrected chi connectivity index (χ3v) is 4.62. The normalized spacial score (nSPS) is 17.4. The first kappa shape index (κ1) is 16.4. The van der Waals surface area contributed by atoms with Crippen molar-refractivity contribution in [2.45, 2.75) is 30.9 Å². The zero-order chi connectivity index (χ0) is 16.5. The molecule has 22 heavy (non-hydrogen) atoms. The molecule has 3 N–H and O–H groups in total. The van der Waals surface area contributed by atoms with Gasteiger partial charge < -0.3 is 15.7 Å². The molecule has 0 aliphatic carbocycles. The van der Waals surface area contributed by atoms with Gasteiger partial charge >= 0.3 is 5.97 Å². The Morgan fingerprint density at radius 1 is 1.41 bits per heavy atom. The maximum atomic E-state index is 12.1. The van der Waals surface area contributed by atoms with E-state index in [0.29, 0.717) is 11.3 Å². The van der Waals surface area contributed by atoms with Gasteiger partial charge in [0.2, 0.25) is 5.91 Å². The van der Waals surface area contributed by atoms with E-state index in [-0.39, 0.29) is 23.6 Å². The minimum Gasteiger partial charge on any atom is -0.481 e. The number of carbonyl (C=O) groups excluding carboxylic acids is 2. The van der Waals surface area contributed by atoms with Crippen molar-refractivity contribution in [2.75, 3.05) is 11.9 Å². The van der Waals surface area contributed by atoms with Crippen molar-refractivity contribution in [3.05, 3.63) is 23.8 Å². The van der Waals surface area contributed by atoms with Gasteiger partial charge in [-0.05, 0) is 39.0 Å². The smallest absolute Gasteiger partial charge is 0.310 e. The molecule has 0 fully saturated rings. The SMILES string of the molecule is CC1Sc2ccc(C(=O)NCC(C)(C)C(=O)O)cc2NC1=O. The Morgan fingerprint density at radius 3 is 2.73 bits per heavy atom. The second kappa shape index (κ2) is 6.00. The molecule has 0 saturated heterocycles. The molecule has 1 aliphatic heterocycles. The minimum absolute atomic E-state index is 0.0242. The van der Waals surface area contributed by atoms with Gasteiger partial charge in [-0.25, -0.2) is 0 Å². The average Bonchev–Trinajstić information content (AvgIpc) is 2.45. The highest BCUT2D eigenvalue weighted by Gasteiger charge is 2.28. The molecule has 118 valence electrons. The molecular formula is C15H18N2O4S. The number of anilines is 1. The van der Waals surface area contributed by atoms with Crippen LogP contribution in [0, 0.1) is 5.41 Å². The number of hydrogen-bond donors (Lipinski definition) is 3. The molecule has 0 saturated carbocycles. The van der Waals surface area contributed by atoms with Gasteiger partial charge in [0.05, 0.1) is 16.4 Å². The molecule has 6 nitrogen and oxygen atoms in total. The Balaban J connectivity index is 2.10. The molecule has 7 heteroatoms. The van der Waals surface area contributed by atoms with Crippen LogP contribution in [0.2, 0.25) is 0 Å². The van der Waals surface area contributed by atoms with E-state index in [0.717, 1.165) is 4.90 Å². The van der Waals surface area contributed by atoms with E-state index in [4.69, 9.17) is 5.11 Å². The van der Waals surface area contributed by atoms with Crippen LogP contribution in [0.25, 0.3) is 0 Å². The highest BCUT2D eigenvalue weighted by Crippen LogP contribution is 2.35. The highest BCUT2D eigenvalue weighted by molar-refractivity contribution is 8.00. The van der Waals surface area contributed by atoms with Crippen molar-refractivity contribution in [3.63, 3.8) is 0 Å². The second-order valence-corrected chi connectivity index (χ2v) is 7.21. The Bertz CT molecular complexity index is 642. The highest BCUT2D eigenvalue weighted by atomic mass is 32.2. The van der Waals surface area contributed by atoms with Gasteiger partial charge in [0.1, 0.15) is 0 Å². The lowest BCUT2D eigenvalue weighted by molar-refractivity contribution is -0.146. The number of benzene rings is 1. The second-order valence-electron chi connectivity index (χ2n) is 5.83. The minimum atomic E-state index is -1.04. The molecule has 0 spiro atoms. The zero-order valence-corrected chi connectivity index (χ0v) is 13.4. The molecule has 0 radical (unpaired) electrons. The Morgan fingerprint density at radius 2 is 2.09 bits per heavy atom. The Hall–Kier alpha value is -2.02. The first-order valence-corrected chi connectivity index (χ1v) is 7.72. The van der Waals surface area contributed by atoms with Crippen molar-refractivity contribution < 1.29 is 19.5 Å². The van der Waals surface area contributed by atoms with Crippen molar-refractivity contribution in [1.29, 1.82) is 0 Å². The zero-order valence-electron chi connectivity index (χ0n) is 12.6. The lowest BCUT2D eigenvalue weighted by atomic mass is 9.94. The number of fused-ring (bicyclic) bond motifs is 1. The Kier molecular flexibility index (Phi) is 4.46. The number of thioether (sulfide) groups is 1. The standard InChI is InChI=1S/C15H18N2O4S/c1-8-12(18)17-10-6-9(4-5-11(10)22-8)13(19)16-7-15(2,3)14(20)21/h4-6,8H,7H2,1-3H3,(H,16,19)(H,17,18)(H,20,21). The number of rotatable bonds is 4. The molecule has 2 rings (SSSR count). The topological polar surface area (TPSA) is 95.5 Å². The molecule has 2 amide bonds. The largest absolute Gasteiger partial charge is 0.481 e. The summed E-state index contributed by atoms with van der Waals surface area (Å²) in [5.74, 6) is -1.44. The number of hydrogen-bond acceptors (Lipinski definition) is 4. The number of aliphatic carboxylic acids is 1. The van der Waals surface area contributed by atoms with E-state index in [9.17, 15) is 14.4 Å². The van der Waals surface area contributed by atoms with Crippen LogP contribution in [0.5, 0.6) is 0 Å². The fourth-order valence-electron chi connectivity index (χ4n) is 1.83. The van der Waals surface area contributed by atoms with Gasteiger partial charge in [-0.3, -0.25) is 14.4 Å². The fraction of sp³-hybridized carbons (Fsp3) is 0.400. The summed E-state index contributed by atoms with van der Waals surface area (Å²) in [7, 11) is 0. The van der Waals surface area contributed by atoms with Crippen molar-refractivity contribution in [1.82, 2.24) is 5.32 Å². The summed E-state index contributed by atoms with van der Waals surface area (Å²) in [5, 5.41) is 14.2. The number of carbonyl (C=O) groups is 3. The molecule has 1 aromatic carbocycles. The molecule has 1 unspecified atom stereocenters. The van der Waals surface area contributed by atoms with Gasteiger partial charge in [0.15, 0.2) is 0 Å². The van der Waals surface area contributed by atoms with E-state index in [1.165, 1.54) is 11.8 Å². The third kappa shape index (κ3) is 3.41. The van der Waals surface area contributed by atoms with Crippen LogP contribution in [0.15, 0.2) is 23.1 Å². The van der Waals surface area contributed by atoms with Crippen LogP contribution in [0.3, 0.4) is 0 Å². The molecule has 0 bridgehead atoms. The third-order valence-electron chi connectivity index (χ3n) is 3.44. The maximum absolute atomic E-state index is 12.1. The first-order valence-electron chi connectivity index (χ1n) is 6.84. The summed E-state index contributed by atoms with van der Waals surface area (Å²) in [6, 6.07) is 5.06. The van der Waals surface area contributed by atoms with Crippen molar-refractivity contribution in [3.8, 4) is 0 Å². The average molecular weight is 322 g/mol. The van der Waals surface area contributed by atoms with Crippen molar-refractivity contribution in [2.24, 2.45) is 5.41 Å². The van der Waals surface area contributed by atoms with Crippen molar-refractivity contribution >= 4 is 35.2 Å². The Labute approximate surface area is 132 Å². The lowest BCUT2D eigenvalue weighted by Gasteiger charge is -2.22. The van der Waals surface area contributed by atoms with Gasteiger partial charge in [-0.1, -0.05) is 0 Å². The van der Waals surface area contributed by atoms with Gasteiger partial charge in [0, 0.05) is 17.0 Å². The summed E-state index contributed by atoms with van der Waals surface area (Å²) in [6.07, 6.45) is 0. The molecule has 1 aliphatic rings. The van der Waals surface area contributed by atoms with Gasteiger partial charge in [-0.15, -0.1) is 11.8 Å². The van der Waals surface area contributed by atoms with Crippen LogP contribution in [-0.2, 0) is 9.59 Å². The van der Waals surface area contributed by atoms with Crippen LogP contribution >= 0.6 is 11.8 Å². The van der Waals surface area contributed by atoms with Gasteiger partial charge in [0.25, 0.3) is 5.91 Å². The molecule has 1 aromatic rings. The van der Waals surface area contributed by atoms with E-state index in [2.05, 4.69) is 10.6 Å². The summed E-state index contributed by atoms with van der Waals surface area (Å²) in [4.78, 5) is 35.7. The predicted molar refractivity (Wildman–Crippen MR) is 84.1 cm³/mol. The molecule has 1 heterocycles.